The summed E-state index contributed by atoms with van der Waals surface area (Å²) in [7, 11) is 0. The van der Waals surface area contributed by atoms with Crippen LogP contribution in [0, 0.1) is 11.8 Å². The van der Waals surface area contributed by atoms with E-state index in [0.29, 0.717) is 12.5 Å². The summed E-state index contributed by atoms with van der Waals surface area (Å²) in [6, 6.07) is -0.408. The van der Waals surface area contributed by atoms with Crippen LogP contribution in [0.1, 0.15) is 39.5 Å². The fourth-order valence-electron chi connectivity index (χ4n) is 2.01. The Hall–Kier alpha value is -0.610. The molecule has 0 bridgehead atoms. The van der Waals surface area contributed by atoms with Crippen LogP contribution < -0.4 is 11.1 Å². The summed E-state index contributed by atoms with van der Waals surface area (Å²) in [5.41, 5.74) is 5.75. The van der Waals surface area contributed by atoms with Crippen molar-refractivity contribution in [3.05, 3.63) is 0 Å². The SMILES string of the molecule is CC(C)[C@H](N)C(=O)NCC1CCC(O)CC1. The number of amides is 1. The van der Waals surface area contributed by atoms with Crippen molar-refractivity contribution in [2.75, 3.05) is 6.54 Å². The quantitative estimate of drug-likeness (QED) is 0.661. The van der Waals surface area contributed by atoms with E-state index in [1.807, 2.05) is 13.8 Å². The van der Waals surface area contributed by atoms with Gasteiger partial charge in [-0.2, -0.15) is 0 Å². The van der Waals surface area contributed by atoms with Gasteiger partial charge in [-0.15, -0.1) is 0 Å². The fourth-order valence-corrected chi connectivity index (χ4v) is 2.01. The van der Waals surface area contributed by atoms with Crippen molar-refractivity contribution in [2.45, 2.75) is 51.7 Å². The van der Waals surface area contributed by atoms with Gasteiger partial charge in [-0.1, -0.05) is 13.8 Å². The van der Waals surface area contributed by atoms with Crippen molar-refractivity contribution >= 4 is 5.91 Å². The predicted octanol–water partition coefficient (Wildman–Crippen LogP) is 0.637. The lowest BCUT2D eigenvalue weighted by Crippen LogP contribution is -2.45. The summed E-state index contributed by atoms with van der Waals surface area (Å²) in [5, 5.41) is 12.3. The van der Waals surface area contributed by atoms with Crippen LogP contribution in [0.2, 0.25) is 0 Å². The molecule has 0 unspecified atom stereocenters. The minimum atomic E-state index is -0.408. The second kappa shape index (κ2) is 6.21. The normalized spacial score (nSPS) is 27.8. The summed E-state index contributed by atoms with van der Waals surface area (Å²) >= 11 is 0. The van der Waals surface area contributed by atoms with Gasteiger partial charge in [-0.3, -0.25) is 4.79 Å². The molecular weight excluding hydrogens is 204 g/mol. The van der Waals surface area contributed by atoms with Gasteiger partial charge in [-0.25, -0.2) is 0 Å². The average molecular weight is 228 g/mol. The van der Waals surface area contributed by atoms with Crippen molar-refractivity contribution < 1.29 is 9.90 Å². The molecule has 0 radical (unpaired) electrons. The van der Waals surface area contributed by atoms with Gasteiger partial charge in [-0.05, 0) is 37.5 Å². The number of aliphatic hydroxyl groups is 1. The van der Waals surface area contributed by atoms with Gasteiger partial charge in [0.05, 0.1) is 12.1 Å². The van der Waals surface area contributed by atoms with Crippen LogP contribution in [0.15, 0.2) is 0 Å². The molecule has 1 amide bonds. The van der Waals surface area contributed by atoms with E-state index in [2.05, 4.69) is 5.32 Å². The Morgan fingerprint density at radius 3 is 2.44 bits per heavy atom. The molecule has 4 nitrogen and oxygen atoms in total. The number of rotatable bonds is 4. The molecule has 0 aromatic rings. The molecular formula is C12H24N2O2. The van der Waals surface area contributed by atoms with E-state index < -0.39 is 6.04 Å². The van der Waals surface area contributed by atoms with Crippen LogP contribution >= 0.6 is 0 Å². The lowest BCUT2D eigenvalue weighted by Gasteiger charge is -2.26. The van der Waals surface area contributed by atoms with E-state index in [0.717, 1.165) is 25.7 Å². The Bertz CT molecular complexity index is 223. The smallest absolute Gasteiger partial charge is 0.237 e. The van der Waals surface area contributed by atoms with Gasteiger partial charge < -0.3 is 16.2 Å². The van der Waals surface area contributed by atoms with E-state index in [1.54, 1.807) is 0 Å². The van der Waals surface area contributed by atoms with Crippen molar-refractivity contribution in [2.24, 2.45) is 17.6 Å². The Morgan fingerprint density at radius 2 is 1.94 bits per heavy atom. The molecule has 1 aliphatic carbocycles. The zero-order valence-corrected chi connectivity index (χ0v) is 10.3. The fraction of sp³-hybridized carbons (Fsp3) is 0.917. The lowest BCUT2D eigenvalue weighted by molar-refractivity contribution is -0.123. The minimum Gasteiger partial charge on any atom is -0.393 e. The number of hydrogen-bond acceptors (Lipinski definition) is 3. The second-order valence-corrected chi connectivity index (χ2v) is 5.19. The highest BCUT2D eigenvalue weighted by Crippen LogP contribution is 2.23. The number of hydrogen-bond donors (Lipinski definition) is 3. The number of carbonyl (C=O) groups is 1. The molecule has 0 heterocycles. The van der Waals surface area contributed by atoms with E-state index >= 15 is 0 Å². The molecule has 1 atom stereocenters. The monoisotopic (exact) mass is 228 g/mol. The molecule has 4 heteroatoms. The zero-order valence-electron chi connectivity index (χ0n) is 10.3. The Kier molecular flexibility index (Phi) is 5.22. The van der Waals surface area contributed by atoms with Gasteiger partial charge in [0.2, 0.25) is 5.91 Å². The third-order valence-corrected chi connectivity index (χ3v) is 3.40. The van der Waals surface area contributed by atoms with Crippen molar-refractivity contribution in [3.63, 3.8) is 0 Å². The molecule has 0 saturated heterocycles. The number of carbonyl (C=O) groups excluding carboxylic acids is 1. The highest BCUT2D eigenvalue weighted by Gasteiger charge is 2.22. The molecule has 0 aromatic heterocycles. The van der Waals surface area contributed by atoms with Gasteiger partial charge in [0, 0.05) is 6.54 Å². The molecule has 0 aliphatic heterocycles. The van der Waals surface area contributed by atoms with Crippen LogP contribution in [-0.2, 0) is 4.79 Å². The molecule has 0 aromatic carbocycles. The zero-order chi connectivity index (χ0) is 12.1. The highest BCUT2D eigenvalue weighted by molar-refractivity contribution is 5.81. The van der Waals surface area contributed by atoms with E-state index in [-0.39, 0.29) is 17.9 Å². The molecule has 1 fully saturated rings. The summed E-state index contributed by atoms with van der Waals surface area (Å²) in [6.45, 7) is 4.59. The largest absolute Gasteiger partial charge is 0.393 e. The number of aliphatic hydroxyl groups excluding tert-OH is 1. The molecule has 1 aliphatic rings. The van der Waals surface area contributed by atoms with E-state index in [1.165, 1.54) is 0 Å². The lowest BCUT2D eigenvalue weighted by atomic mass is 9.87. The summed E-state index contributed by atoms with van der Waals surface area (Å²) in [6.07, 6.45) is 3.58. The molecule has 1 rings (SSSR count). The van der Waals surface area contributed by atoms with Crippen LogP contribution in [0.25, 0.3) is 0 Å². The first-order valence-corrected chi connectivity index (χ1v) is 6.22. The molecule has 16 heavy (non-hydrogen) atoms. The average Bonchev–Trinajstić information content (AvgIpc) is 2.26. The summed E-state index contributed by atoms with van der Waals surface area (Å²) in [5.74, 6) is 0.626. The van der Waals surface area contributed by atoms with Crippen LogP contribution in [0.4, 0.5) is 0 Å². The molecule has 1 saturated carbocycles. The van der Waals surface area contributed by atoms with Gasteiger partial charge in [0.15, 0.2) is 0 Å². The topological polar surface area (TPSA) is 75.4 Å². The Balaban J connectivity index is 2.22. The first-order valence-electron chi connectivity index (χ1n) is 6.22. The summed E-state index contributed by atoms with van der Waals surface area (Å²) < 4.78 is 0. The van der Waals surface area contributed by atoms with Crippen LogP contribution in [-0.4, -0.2) is 29.7 Å². The third-order valence-electron chi connectivity index (χ3n) is 3.40. The van der Waals surface area contributed by atoms with Gasteiger partial charge >= 0.3 is 0 Å². The number of nitrogens with two attached hydrogens (primary N) is 1. The van der Waals surface area contributed by atoms with E-state index in [4.69, 9.17) is 5.73 Å². The maximum absolute atomic E-state index is 11.6. The molecule has 4 N–H and O–H groups in total. The van der Waals surface area contributed by atoms with Crippen LogP contribution in [0.3, 0.4) is 0 Å². The summed E-state index contributed by atoms with van der Waals surface area (Å²) in [4.78, 5) is 11.6. The third kappa shape index (κ3) is 4.10. The van der Waals surface area contributed by atoms with Gasteiger partial charge in [0.25, 0.3) is 0 Å². The Morgan fingerprint density at radius 1 is 1.38 bits per heavy atom. The van der Waals surface area contributed by atoms with Gasteiger partial charge in [0.1, 0.15) is 0 Å². The Labute approximate surface area is 97.6 Å². The standard InChI is InChI=1S/C12H24N2O2/c1-8(2)11(13)12(16)14-7-9-3-5-10(15)6-4-9/h8-11,15H,3-7,13H2,1-2H3,(H,14,16)/t9?,10?,11-/m0/s1. The van der Waals surface area contributed by atoms with Crippen molar-refractivity contribution in [1.82, 2.24) is 5.32 Å². The van der Waals surface area contributed by atoms with E-state index in [9.17, 15) is 9.90 Å². The van der Waals surface area contributed by atoms with Crippen molar-refractivity contribution in [3.8, 4) is 0 Å². The minimum absolute atomic E-state index is 0.0545. The maximum atomic E-state index is 11.6. The first-order chi connectivity index (χ1) is 7.50. The molecule has 94 valence electrons. The first kappa shape index (κ1) is 13.5. The molecule has 0 spiro atoms. The predicted molar refractivity (Wildman–Crippen MR) is 63.8 cm³/mol. The number of nitrogens with one attached hydrogen (secondary N) is 1. The maximum Gasteiger partial charge on any atom is 0.237 e. The van der Waals surface area contributed by atoms with Crippen molar-refractivity contribution in [1.29, 1.82) is 0 Å². The second-order valence-electron chi connectivity index (χ2n) is 5.19. The van der Waals surface area contributed by atoms with Crippen LogP contribution in [0.5, 0.6) is 0 Å². The highest BCUT2D eigenvalue weighted by atomic mass is 16.3.